The minimum atomic E-state index is -0.619. The van der Waals surface area contributed by atoms with Crippen LogP contribution in [0.5, 0.6) is 5.75 Å². The Labute approximate surface area is 209 Å². The molecule has 2 aliphatic rings. The van der Waals surface area contributed by atoms with Gasteiger partial charge in [0.2, 0.25) is 5.76 Å². The number of carbonyl (C=O) groups excluding carboxylic acids is 1. The van der Waals surface area contributed by atoms with E-state index in [0.29, 0.717) is 32.9 Å². The highest BCUT2D eigenvalue weighted by Gasteiger charge is 2.42. The van der Waals surface area contributed by atoms with Gasteiger partial charge < -0.3 is 18.8 Å². The normalized spacial score (nSPS) is 18.1. The predicted molar refractivity (Wildman–Crippen MR) is 134 cm³/mol. The third kappa shape index (κ3) is 4.88. The van der Waals surface area contributed by atoms with E-state index in [-0.39, 0.29) is 33.6 Å². The second kappa shape index (κ2) is 10.8. The van der Waals surface area contributed by atoms with Gasteiger partial charge in [-0.2, -0.15) is 0 Å². The van der Waals surface area contributed by atoms with Gasteiger partial charge in [0, 0.05) is 26.2 Å². The molecule has 1 aromatic heterocycles. The molecule has 5 rings (SSSR count). The summed E-state index contributed by atoms with van der Waals surface area (Å²) in [6, 6.07) is 10.7. The van der Waals surface area contributed by atoms with Crippen LogP contribution in [0.2, 0.25) is 0 Å². The summed E-state index contributed by atoms with van der Waals surface area (Å²) in [5.41, 5.74) is 0.876. The maximum absolute atomic E-state index is 14.0. The molecule has 0 aliphatic carbocycles. The van der Waals surface area contributed by atoms with E-state index in [1.807, 2.05) is 24.3 Å². The summed E-state index contributed by atoms with van der Waals surface area (Å²) in [4.78, 5) is 31.0. The number of benzene rings is 2. The van der Waals surface area contributed by atoms with Crippen molar-refractivity contribution in [2.24, 2.45) is 0 Å². The third-order valence-corrected chi connectivity index (χ3v) is 6.90. The molecule has 1 atom stereocenters. The molecule has 0 radical (unpaired) electrons. The molecule has 7 nitrogen and oxygen atoms in total. The summed E-state index contributed by atoms with van der Waals surface area (Å²) in [6.45, 7) is 6.78. The average molecular weight is 495 g/mol. The predicted octanol–water partition coefficient (Wildman–Crippen LogP) is 4.38. The zero-order valence-electron chi connectivity index (χ0n) is 20.5. The average Bonchev–Trinajstić information content (AvgIpc) is 3.18. The molecule has 0 spiro atoms. The maximum Gasteiger partial charge on any atom is 0.290 e. The molecule has 2 aromatic carbocycles. The van der Waals surface area contributed by atoms with Crippen molar-refractivity contribution in [3.05, 3.63) is 75.4 Å². The fourth-order valence-electron chi connectivity index (χ4n) is 4.93. The molecular formula is C28H31FN2O5. The molecular weight excluding hydrogens is 463 g/mol. The van der Waals surface area contributed by atoms with Crippen LogP contribution in [0.3, 0.4) is 0 Å². The molecule has 36 heavy (non-hydrogen) atoms. The number of rotatable bonds is 9. The fraction of sp³-hybridized carbons (Fsp3) is 0.429. The summed E-state index contributed by atoms with van der Waals surface area (Å²) >= 11 is 0. The number of amides is 1. The van der Waals surface area contributed by atoms with Crippen LogP contribution in [0.4, 0.5) is 4.39 Å². The fourth-order valence-corrected chi connectivity index (χ4v) is 4.93. The molecule has 0 N–H and O–H groups in total. The van der Waals surface area contributed by atoms with Crippen molar-refractivity contribution < 1.29 is 23.1 Å². The Kier molecular flexibility index (Phi) is 7.34. The van der Waals surface area contributed by atoms with Gasteiger partial charge in [-0.15, -0.1) is 0 Å². The topological polar surface area (TPSA) is 72.2 Å². The van der Waals surface area contributed by atoms with E-state index in [0.717, 1.165) is 43.7 Å². The molecule has 1 unspecified atom stereocenters. The van der Waals surface area contributed by atoms with Crippen molar-refractivity contribution in [2.75, 3.05) is 46.0 Å². The molecule has 0 saturated carbocycles. The summed E-state index contributed by atoms with van der Waals surface area (Å²) < 4.78 is 31.2. The Morgan fingerprint density at radius 1 is 1.03 bits per heavy atom. The van der Waals surface area contributed by atoms with Crippen molar-refractivity contribution in [1.29, 1.82) is 0 Å². The Balaban J connectivity index is 1.49. The Hall–Kier alpha value is -3.23. The van der Waals surface area contributed by atoms with Crippen LogP contribution in [-0.4, -0.2) is 61.7 Å². The number of ether oxygens (including phenoxy) is 2. The summed E-state index contributed by atoms with van der Waals surface area (Å²) in [5.74, 6) is -0.0753. The first-order valence-electron chi connectivity index (χ1n) is 12.7. The molecule has 190 valence electrons. The molecule has 1 saturated heterocycles. The lowest BCUT2D eigenvalue weighted by molar-refractivity contribution is 0.0314. The second-order valence-electron chi connectivity index (χ2n) is 9.29. The van der Waals surface area contributed by atoms with E-state index in [1.165, 1.54) is 18.2 Å². The first kappa shape index (κ1) is 24.5. The standard InChI is InChI=1S/C28H31FN2O5/c1-2-3-4-15-35-21-8-5-19(6-9-21)25-24-26(32)22-18-20(29)7-10-23(22)36-27(24)28(33)31(25)12-11-30-13-16-34-17-14-30/h5-10,18,25H,2-4,11-17H2,1H3. The number of carbonyl (C=O) groups is 1. The van der Waals surface area contributed by atoms with Crippen LogP contribution in [0, 0.1) is 5.82 Å². The molecule has 3 heterocycles. The highest BCUT2D eigenvalue weighted by atomic mass is 19.1. The number of morpholine rings is 1. The van der Waals surface area contributed by atoms with Gasteiger partial charge in [-0.05, 0) is 42.3 Å². The number of halogens is 1. The monoisotopic (exact) mass is 494 g/mol. The molecule has 0 bridgehead atoms. The van der Waals surface area contributed by atoms with Gasteiger partial charge in [0.1, 0.15) is 17.1 Å². The van der Waals surface area contributed by atoms with Crippen molar-refractivity contribution in [1.82, 2.24) is 9.80 Å². The number of nitrogens with zero attached hydrogens (tertiary/aromatic N) is 2. The molecule has 2 aliphatic heterocycles. The maximum atomic E-state index is 14.0. The quantitative estimate of drug-likeness (QED) is 0.411. The summed E-state index contributed by atoms with van der Waals surface area (Å²) in [5, 5.41) is 0.137. The highest BCUT2D eigenvalue weighted by Crippen LogP contribution is 2.38. The summed E-state index contributed by atoms with van der Waals surface area (Å²) in [6.07, 6.45) is 3.23. The van der Waals surface area contributed by atoms with Gasteiger partial charge in [-0.1, -0.05) is 31.9 Å². The number of fused-ring (bicyclic) bond motifs is 2. The van der Waals surface area contributed by atoms with Crippen molar-refractivity contribution >= 4 is 16.9 Å². The number of unbranched alkanes of at least 4 members (excludes halogenated alkanes) is 2. The van der Waals surface area contributed by atoms with Crippen molar-refractivity contribution in [3.63, 3.8) is 0 Å². The minimum absolute atomic E-state index is 0.0333. The van der Waals surface area contributed by atoms with E-state index >= 15 is 0 Å². The molecule has 3 aromatic rings. The van der Waals surface area contributed by atoms with Crippen LogP contribution < -0.4 is 10.2 Å². The van der Waals surface area contributed by atoms with Crippen molar-refractivity contribution in [2.45, 2.75) is 32.2 Å². The van der Waals surface area contributed by atoms with Gasteiger partial charge in [0.05, 0.1) is 36.8 Å². The van der Waals surface area contributed by atoms with Crippen LogP contribution in [0.1, 0.15) is 53.9 Å². The zero-order valence-corrected chi connectivity index (χ0v) is 20.5. The van der Waals surface area contributed by atoms with Gasteiger partial charge in [-0.25, -0.2) is 4.39 Å². The van der Waals surface area contributed by atoms with Crippen LogP contribution in [0.15, 0.2) is 51.7 Å². The minimum Gasteiger partial charge on any atom is -0.494 e. The van der Waals surface area contributed by atoms with E-state index < -0.39 is 11.9 Å². The van der Waals surface area contributed by atoms with Gasteiger partial charge in [0.25, 0.3) is 5.91 Å². The second-order valence-corrected chi connectivity index (χ2v) is 9.29. The lowest BCUT2D eigenvalue weighted by Gasteiger charge is -2.31. The molecule has 1 fully saturated rings. The van der Waals surface area contributed by atoms with Crippen molar-refractivity contribution in [3.8, 4) is 5.75 Å². The van der Waals surface area contributed by atoms with Gasteiger partial charge in [-0.3, -0.25) is 14.5 Å². The third-order valence-electron chi connectivity index (χ3n) is 6.90. The van der Waals surface area contributed by atoms with E-state index in [4.69, 9.17) is 13.9 Å². The van der Waals surface area contributed by atoms with E-state index in [2.05, 4.69) is 11.8 Å². The smallest absolute Gasteiger partial charge is 0.290 e. The highest BCUT2D eigenvalue weighted by molar-refractivity contribution is 5.99. The Morgan fingerprint density at radius 3 is 2.56 bits per heavy atom. The Morgan fingerprint density at radius 2 is 1.81 bits per heavy atom. The number of hydrogen-bond acceptors (Lipinski definition) is 6. The lowest BCUT2D eigenvalue weighted by Crippen LogP contribution is -2.42. The SMILES string of the molecule is CCCCCOc1ccc(C2c3c(oc4ccc(F)cc4c3=O)C(=O)N2CCN2CCOCC2)cc1. The number of hydrogen-bond donors (Lipinski definition) is 0. The van der Waals surface area contributed by atoms with E-state index in [9.17, 15) is 14.0 Å². The lowest BCUT2D eigenvalue weighted by atomic mass is 9.98. The first-order valence-corrected chi connectivity index (χ1v) is 12.7. The van der Waals surface area contributed by atoms with Crippen LogP contribution in [0.25, 0.3) is 11.0 Å². The first-order chi connectivity index (χ1) is 17.6. The van der Waals surface area contributed by atoms with Crippen LogP contribution in [-0.2, 0) is 4.74 Å². The summed E-state index contributed by atoms with van der Waals surface area (Å²) in [7, 11) is 0. The van der Waals surface area contributed by atoms with Gasteiger partial charge >= 0.3 is 0 Å². The Bertz CT molecular complexity index is 1280. The zero-order chi connectivity index (χ0) is 25.1. The van der Waals surface area contributed by atoms with Crippen LogP contribution >= 0.6 is 0 Å². The molecule has 8 heteroatoms. The molecule has 1 amide bonds. The van der Waals surface area contributed by atoms with Gasteiger partial charge in [0.15, 0.2) is 5.43 Å². The largest absolute Gasteiger partial charge is 0.494 e. The van der Waals surface area contributed by atoms with E-state index in [1.54, 1.807) is 4.90 Å².